The number of likely N-dealkylation sites (N-methyl/N-ethyl adjacent to an activating group) is 1. The molecule has 1 amide bonds. The Kier molecular flexibility index (Phi) is 5.51. The van der Waals surface area contributed by atoms with Crippen molar-refractivity contribution < 1.29 is 9.53 Å². The monoisotopic (exact) mass is 344 g/mol. The van der Waals surface area contributed by atoms with E-state index in [9.17, 15) is 4.79 Å². The van der Waals surface area contributed by atoms with Crippen LogP contribution in [0.15, 0.2) is 48.5 Å². The molecule has 0 bridgehead atoms. The van der Waals surface area contributed by atoms with E-state index in [-0.39, 0.29) is 11.9 Å². The summed E-state index contributed by atoms with van der Waals surface area (Å²) in [6.45, 7) is 1.30. The summed E-state index contributed by atoms with van der Waals surface area (Å²) in [5.74, 6) is -0.0824. The number of ether oxygens (including phenoxy) is 1. The summed E-state index contributed by atoms with van der Waals surface area (Å²) in [5, 5.41) is 6.85. The number of halogens is 1. The summed E-state index contributed by atoms with van der Waals surface area (Å²) in [7, 11) is 1.88. The number of benzene rings is 2. The number of rotatable bonds is 4. The summed E-state index contributed by atoms with van der Waals surface area (Å²) >= 11 is 5.95. The third-order valence-corrected chi connectivity index (χ3v) is 4.40. The van der Waals surface area contributed by atoms with Crippen LogP contribution in [0.3, 0.4) is 0 Å². The van der Waals surface area contributed by atoms with E-state index in [2.05, 4.69) is 10.6 Å². The SMILES string of the molecule is CNCC1CCOC(c2cccc(-c3ccc(Cl)cc3)c2)C(=O)N1. The van der Waals surface area contributed by atoms with Crippen molar-refractivity contribution in [2.24, 2.45) is 0 Å². The number of carbonyl (C=O) groups excluding carboxylic acids is 1. The first-order valence-corrected chi connectivity index (χ1v) is 8.47. The first kappa shape index (κ1) is 17.0. The second-order valence-electron chi connectivity index (χ2n) is 5.94. The van der Waals surface area contributed by atoms with Crippen LogP contribution in [-0.4, -0.2) is 32.1 Å². The molecule has 1 heterocycles. The first-order chi connectivity index (χ1) is 11.7. The Morgan fingerprint density at radius 3 is 2.75 bits per heavy atom. The van der Waals surface area contributed by atoms with E-state index in [4.69, 9.17) is 16.3 Å². The van der Waals surface area contributed by atoms with Crippen LogP contribution in [0, 0.1) is 0 Å². The Labute approximate surface area is 147 Å². The molecule has 24 heavy (non-hydrogen) atoms. The van der Waals surface area contributed by atoms with Gasteiger partial charge in [-0.25, -0.2) is 0 Å². The van der Waals surface area contributed by atoms with Gasteiger partial charge in [0.15, 0.2) is 6.10 Å². The Balaban J connectivity index is 1.83. The second kappa shape index (κ2) is 7.79. The number of hydrogen-bond donors (Lipinski definition) is 2. The molecular formula is C19H21ClN2O2. The van der Waals surface area contributed by atoms with Crippen molar-refractivity contribution in [2.75, 3.05) is 20.2 Å². The molecule has 1 saturated heterocycles. The van der Waals surface area contributed by atoms with Gasteiger partial charge in [-0.05, 0) is 48.4 Å². The van der Waals surface area contributed by atoms with Gasteiger partial charge in [0, 0.05) is 17.6 Å². The molecule has 2 unspecified atom stereocenters. The second-order valence-corrected chi connectivity index (χ2v) is 6.37. The van der Waals surface area contributed by atoms with Crippen molar-refractivity contribution in [1.82, 2.24) is 10.6 Å². The molecule has 1 fully saturated rings. The zero-order chi connectivity index (χ0) is 16.9. The maximum Gasteiger partial charge on any atom is 0.254 e. The van der Waals surface area contributed by atoms with Gasteiger partial charge in [0.05, 0.1) is 6.61 Å². The van der Waals surface area contributed by atoms with Gasteiger partial charge in [-0.1, -0.05) is 41.9 Å². The van der Waals surface area contributed by atoms with E-state index < -0.39 is 6.10 Å². The average Bonchev–Trinajstić information content (AvgIpc) is 2.77. The van der Waals surface area contributed by atoms with Gasteiger partial charge < -0.3 is 15.4 Å². The molecule has 0 radical (unpaired) electrons. The predicted molar refractivity (Wildman–Crippen MR) is 96.1 cm³/mol. The summed E-state index contributed by atoms with van der Waals surface area (Å²) < 4.78 is 5.83. The van der Waals surface area contributed by atoms with Crippen LogP contribution in [0.5, 0.6) is 0 Å². The fraction of sp³-hybridized carbons (Fsp3) is 0.316. The molecule has 0 aromatic heterocycles. The Bertz CT molecular complexity index is 703. The Hall–Kier alpha value is -1.88. The molecule has 5 heteroatoms. The molecule has 2 aromatic rings. The van der Waals surface area contributed by atoms with Crippen LogP contribution in [0.2, 0.25) is 5.02 Å². The summed E-state index contributed by atoms with van der Waals surface area (Å²) in [6, 6.07) is 15.7. The molecule has 126 valence electrons. The van der Waals surface area contributed by atoms with Gasteiger partial charge in [0.1, 0.15) is 0 Å². The number of carbonyl (C=O) groups is 1. The van der Waals surface area contributed by atoms with Crippen molar-refractivity contribution in [3.63, 3.8) is 0 Å². The molecule has 2 atom stereocenters. The lowest BCUT2D eigenvalue weighted by atomic mass is 10.0. The molecule has 4 nitrogen and oxygen atoms in total. The summed E-state index contributed by atoms with van der Waals surface area (Å²) in [6.07, 6.45) is 0.235. The lowest BCUT2D eigenvalue weighted by Crippen LogP contribution is -2.41. The quantitative estimate of drug-likeness (QED) is 0.895. The highest BCUT2D eigenvalue weighted by molar-refractivity contribution is 6.30. The largest absolute Gasteiger partial charge is 0.364 e. The van der Waals surface area contributed by atoms with Gasteiger partial charge >= 0.3 is 0 Å². The van der Waals surface area contributed by atoms with Crippen molar-refractivity contribution in [3.05, 3.63) is 59.1 Å². The normalized spacial score (nSPS) is 21.2. The number of nitrogens with one attached hydrogen (secondary N) is 2. The van der Waals surface area contributed by atoms with E-state index in [0.29, 0.717) is 11.6 Å². The van der Waals surface area contributed by atoms with E-state index in [1.54, 1.807) is 0 Å². The van der Waals surface area contributed by atoms with Crippen molar-refractivity contribution in [3.8, 4) is 11.1 Å². The minimum absolute atomic E-state index is 0.0824. The van der Waals surface area contributed by atoms with E-state index in [1.165, 1.54) is 0 Å². The zero-order valence-corrected chi connectivity index (χ0v) is 14.3. The topological polar surface area (TPSA) is 50.4 Å². The minimum Gasteiger partial charge on any atom is -0.364 e. The summed E-state index contributed by atoms with van der Waals surface area (Å²) in [5.41, 5.74) is 2.96. The first-order valence-electron chi connectivity index (χ1n) is 8.10. The van der Waals surface area contributed by atoms with Crippen LogP contribution in [-0.2, 0) is 9.53 Å². The van der Waals surface area contributed by atoms with E-state index in [1.807, 2.05) is 55.6 Å². The highest BCUT2D eigenvalue weighted by Crippen LogP contribution is 2.27. The fourth-order valence-corrected chi connectivity index (χ4v) is 3.05. The maximum absolute atomic E-state index is 12.5. The highest BCUT2D eigenvalue weighted by Gasteiger charge is 2.27. The number of amides is 1. The molecule has 3 rings (SSSR count). The molecule has 2 aromatic carbocycles. The van der Waals surface area contributed by atoms with Crippen molar-refractivity contribution in [2.45, 2.75) is 18.6 Å². The van der Waals surface area contributed by atoms with Gasteiger partial charge in [0.25, 0.3) is 5.91 Å². The van der Waals surface area contributed by atoms with Crippen LogP contribution in [0.25, 0.3) is 11.1 Å². The lowest BCUT2D eigenvalue weighted by Gasteiger charge is -2.17. The smallest absolute Gasteiger partial charge is 0.254 e. The fourth-order valence-electron chi connectivity index (χ4n) is 2.92. The molecule has 1 aliphatic rings. The van der Waals surface area contributed by atoms with Gasteiger partial charge in [0.2, 0.25) is 0 Å². The Morgan fingerprint density at radius 2 is 2.00 bits per heavy atom. The number of hydrogen-bond acceptors (Lipinski definition) is 3. The summed E-state index contributed by atoms with van der Waals surface area (Å²) in [4.78, 5) is 12.5. The zero-order valence-electron chi connectivity index (χ0n) is 13.6. The third-order valence-electron chi connectivity index (χ3n) is 4.15. The molecule has 1 aliphatic heterocycles. The molecule has 0 spiro atoms. The average molecular weight is 345 g/mol. The van der Waals surface area contributed by atoms with Crippen LogP contribution >= 0.6 is 11.6 Å². The van der Waals surface area contributed by atoms with Crippen LogP contribution in [0.1, 0.15) is 18.1 Å². The van der Waals surface area contributed by atoms with E-state index >= 15 is 0 Å². The van der Waals surface area contributed by atoms with Gasteiger partial charge in [-0.3, -0.25) is 4.79 Å². The van der Waals surface area contributed by atoms with Crippen LogP contribution in [0.4, 0.5) is 0 Å². The van der Waals surface area contributed by atoms with Crippen molar-refractivity contribution in [1.29, 1.82) is 0 Å². The molecule has 0 saturated carbocycles. The van der Waals surface area contributed by atoms with Gasteiger partial charge in [-0.2, -0.15) is 0 Å². The maximum atomic E-state index is 12.5. The standard InChI is InChI=1S/C19H21ClN2O2/c1-21-12-17-9-10-24-18(19(23)22-17)15-4-2-3-14(11-15)13-5-7-16(20)8-6-13/h2-8,11,17-18,21H,9-10,12H2,1H3,(H,22,23). The lowest BCUT2D eigenvalue weighted by molar-refractivity contribution is -0.131. The molecular weight excluding hydrogens is 324 g/mol. The predicted octanol–water partition coefficient (Wildman–Crippen LogP) is 3.17. The molecule has 0 aliphatic carbocycles. The third kappa shape index (κ3) is 3.96. The van der Waals surface area contributed by atoms with E-state index in [0.717, 1.165) is 29.7 Å². The minimum atomic E-state index is -0.570. The van der Waals surface area contributed by atoms with Gasteiger partial charge in [-0.15, -0.1) is 0 Å². The molecule has 2 N–H and O–H groups in total. The van der Waals surface area contributed by atoms with Crippen molar-refractivity contribution >= 4 is 17.5 Å². The van der Waals surface area contributed by atoms with Crippen LogP contribution < -0.4 is 10.6 Å². The Morgan fingerprint density at radius 1 is 1.21 bits per heavy atom. The highest BCUT2D eigenvalue weighted by atomic mass is 35.5.